The zero-order valence-corrected chi connectivity index (χ0v) is 8.44. The van der Waals surface area contributed by atoms with E-state index in [1.807, 2.05) is 6.07 Å². The summed E-state index contributed by atoms with van der Waals surface area (Å²) in [6.45, 7) is 0.408. The van der Waals surface area contributed by atoms with Crippen LogP contribution < -0.4 is 4.72 Å². The van der Waals surface area contributed by atoms with Gasteiger partial charge in [0.15, 0.2) is 0 Å². The second-order valence-electron chi connectivity index (χ2n) is 2.58. The summed E-state index contributed by atoms with van der Waals surface area (Å²) in [5, 5.41) is 0. The highest BCUT2D eigenvalue weighted by atomic mass is 79.9. The van der Waals surface area contributed by atoms with Crippen LogP contribution in [-0.2, 0) is 16.6 Å². The van der Waals surface area contributed by atoms with Gasteiger partial charge in [-0.2, -0.15) is 0 Å². The van der Waals surface area contributed by atoms with E-state index < -0.39 is 10.0 Å². The highest BCUT2D eigenvalue weighted by molar-refractivity contribution is 9.10. The summed E-state index contributed by atoms with van der Waals surface area (Å²) >= 11 is 3.22. The fraction of sp³-hybridized carbons (Fsp3) is 0.143. The Labute approximate surface area is 79.0 Å². The van der Waals surface area contributed by atoms with Crippen LogP contribution in [0.25, 0.3) is 0 Å². The van der Waals surface area contributed by atoms with Crippen molar-refractivity contribution in [2.75, 3.05) is 0 Å². The molecule has 1 aliphatic heterocycles. The van der Waals surface area contributed by atoms with E-state index in [1.54, 1.807) is 12.1 Å². The molecule has 1 aromatic carbocycles. The Balaban J connectivity index is 2.73. The van der Waals surface area contributed by atoms with Crippen LogP contribution in [0.1, 0.15) is 5.56 Å². The van der Waals surface area contributed by atoms with Crippen LogP contribution in [0.15, 0.2) is 27.6 Å². The molecule has 0 radical (unpaired) electrons. The second-order valence-corrected chi connectivity index (χ2v) is 5.23. The van der Waals surface area contributed by atoms with Gasteiger partial charge in [0.05, 0.1) is 4.90 Å². The summed E-state index contributed by atoms with van der Waals surface area (Å²) in [5.74, 6) is 0. The number of halogens is 1. The van der Waals surface area contributed by atoms with Gasteiger partial charge >= 0.3 is 0 Å². The van der Waals surface area contributed by atoms with E-state index in [9.17, 15) is 8.42 Å². The summed E-state index contributed by atoms with van der Waals surface area (Å²) in [5.41, 5.74) is 0.832. The van der Waals surface area contributed by atoms with E-state index in [0.29, 0.717) is 11.4 Å². The molecule has 1 heterocycles. The van der Waals surface area contributed by atoms with Crippen molar-refractivity contribution < 1.29 is 8.42 Å². The molecule has 12 heavy (non-hydrogen) atoms. The minimum atomic E-state index is -3.21. The summed E-state index contributed by atoms with van der Waals surface area (Å²) in [6.07, 6.45) is 0. The Morgan fingerprint density at radius 1 is 1.42 bits per heavy atom. The molecule has 0 unspecified atom stereocenters. The monoisotopic (exact) mass is 247 g/mol. The van der Waals surface area contributed by atoms with Gasteiger partial charge in [-0.25, -0.2) is 13.1 Å². The van der Waals surface area contributed by atoms with Crippen molar-refractivity contribution in [3.63, 3.8) is 0 Å². The Kier molecular flexibility index (Phi) is 1.75. The van der Waals surface area contributed by atoms with Crippen molar-refractivity contribution in [2.24, 2.45) is 0 Å². The van der Waals surface area contributed by atoms with E-state index in [1.165, 1.54) is 0 Å². The van der Waals surface area contributed by atoms with Crippen LogP contribution in [0.2, 0.25) is 0 Å². The molecule has 0 fully saturated rings. The lowest BCUT2D eigenvalue weighted by Crippen LogP contribution is -2.13. The largest absolute Gasteiger partial charge is 0.241 e. The van der Waals surface area contributed by atoms with Crippen LogP contribution in [0, 0.1) is 0 Å². The quantitative estimate of drug-likeness (QED) is 0.750. The normalized spacial score (nSPS) is 19.1. The number of hydrogen-bond acceptors (Lipinski definition) is 2. The standard InChI is InChI=1S/C7H6BrNO2S/c8-6-2-1-5-4-9-12(10,11)7(5)3-6/h1-3,9H,4H2. The second kappa shape index (κ2) is 2.55. The zero-order valence-electron chi connectivity index (χ0n) is 6.04. The van der Waals surface area contributed by atoms with Crippen molar-refractivity contribution >= 4 is 26.0 Å². The Bertz CT molecular complexity index is 427. The maximum Gasteiger partial charge on any atom is 0.241 e. The van der Waals surface area contributed by atoms with Gasteiger partial charge in [-0.3, -0.25) is 0 Å². The average molecular weight is 248 g/mol. The minimum absolute atomic E-state index is 0.386. The third-order valence-corrected chi connectivity index (χ3v) is 3.75. The van der Waals surface area contributed by atoms with E-state index in [-0.39, 0.29) is 0 Å². The molecule has 0 aromatic heterocycles. The van der Waals surface area contributed by atoms with Crippen LogP contribution in [0.4, 0.5) is 0 Å². The molecule has 64 valence electrons. The first-order chi connectivity index (χ1) is 5.59. The van der Waals surface area contributed by atoms with E-state index in [0.717, 1.165) is 10.0 Å². The molecule has 0 saturated heterocycles. The SMILES string of the molecule is O=S1(=O)NCc2ccc(Br)cc21. The number of rotatable bonds is 0. The number of fused-ring (bicyclic) bond motifs is 1. The molecule has 2 rings (SSSR count). The number of sulfonamides is 1. The fourth-order valence-corrected chi connectivity index (χ4v) is 2.96. The lowest BCUT2D eigenvalue weighted by atomic mass is 10.2. The first-order valence-electron chi connectivity index (χ1n) is 3.38. The molecular formula is C7H6BrNO2S. The van der Waals surface area contributed by atoms with Crippen molar-refractivity contribution in [2.45, 2.75) is 11.4 Å². The van der Waals surface area contributed by atoms with Gasteiger partial charge in [0.2, 0.25) is 10.0 Å². The molecule has 0 aliphatic carbocycles. The Morgan fingerprint density at radius 2 is 2.17 bits per heavy atom. The van der Waals surface area contributed by atoms with Gasteiger partial charge in [0.25, 0.3) is 0 Å². The lowest BCUT2D eigenvalue weighted by Gasteiger charge is -1.96. The van der Waals surface area contributed by atoms with Crippen molar-refractivity contribution in [3.8, 4) is 0 Å². The topological polar surface area (TPSA) is 46.2 Å². The first-order valence-corrected chi connectivity index (χ1v) is 5.65. The van der Waals surface area contributed by atoms with Gasteiger partial charge in [-0.15, -0.1) is 0 Å². The number of hydrogen-bond donors (Lipinski definition) is 1. The number of nitrogens with one attached hydrogen (secondary N) is 1. The Hall–Kier alpha value is -0.390. The van der Waals surface area contributed by atoms with Gasteiger partial charge in [0.1, 0.15) is 0 Å². The molecule has 0 bridgehead atoms. The molecule has 1 aromatic rings. The molecular weight excluding hydrogens is 242 g/mol. The van der Waals surface area contributed by atoms with Crippen LogP contribution in [0.3, 0.4) is 0 Å². The molecule has 1 N–H and O–H groups in total. The molecule has 3 nitrogen and oxygen atoms in total. The summed E-state index contributed by atoms with van der Waals surface area (Å²) in [4.78, 5) is 0.386. The maximum atomic E-state index is 11.3. The Morgan fingerprint density at radius 3 is 2.92 bits per heavy atom. The molecule has 0 atom stereocenters. The molecule has 0 saturated carbocycles. The fourth-order valence-electron chi connectivity index (χ4n) is 1.18. The number of benzene rings is 1. The smallest absolute Gasteiger partial charge is 0.207 e. The molecule has 0 spiro atoms. The van der Waals surface area contributed by atoms with E-state index in [4.69, 9.17) is 0 Å². The summed E-state index contributed by atoms with van der Waals surface area (Å²) in [6, 6.07) is 5.25. The minimum Gasteiger partial charge on any atom is -0.207 e. The zero-order chi connectivity index (χ0) is 8.77. The predicted octanol–water partition coefficient (Wildman–Crippen LogP) is 1.24. The molecule has 5 heteroatoms. The summed E-state index contributed by atoms with van der Waals surface area (Å²) < 4.78 is 25.8. The molecule has 1 aliphatic rings. The van der Waals surface area contributed by atoms with Crippen LogP contribution in [-0.4, -0.2) is 8.42 Å². The third-order valence-electron chi connectivity index (χ3n) is 1.77. The van der Waals surface area contributed by atoms with Gasteiger partial charge in [-0.1, -0.05) is 22.0 Å². The third kappa shape index (κ3) is 1.18. The maximum absolute atomic E-state index is 11.3. The highest BCUT2D eigenvalue weighted by Crippen LogP contribution is 2.25. The average Bonchev–Trinajstić information content (AvgIpc) is 2.28. The van der Waals surface area contributed by atoms with Gasteiger partial charge in [-0.05, 0) is 17.7 Å². The van der Waals surface area contributed by atoms with Gasteiger partial charge < -0.3 is 0 Å². The summed E-state index contributed by atoms with van der Waals surface area (Å²) in [7, 11) is -3.21. The van der Waals surface area contributed by atoms with Crippen molar-refractivity contribution in [3.05, 3.63) is 28.2 Å². The van der Waals surface area contributed by atoms with E-state index >= 15 is 0 Å². The van der Waals surface area contributed by atoms with Crippen molar-refractivity contribution in [1.82, 2.24) is 4.72 Å². The highest BCUT2D eigenvalue weighted by Gasteiger charge is 2.24. The predicted molar refractivity (Wildman–Crippen MR) is 48.2 cm³/mol. The van der Waals surface area contributed by atoms with Crippen molar-refractivity contribution in [1.29, 1.82) is 0 Å². The first kappa shape index (κ1) is 8.22. The van der Waals surface area contributed by atoms with Crippen LogP contribution in [0.5, 0.6) is 0 Å². The van der Waals surface area contributed by atoms with Gasteiger partial charge in [0, 0.05) is 11.0 Å². The molecule has 0 amide bonds. The van der Waals surface area contributed by atoms with E-state index in [2.05, 4.69) is 20.7 Å². The van der Waals surface area contributed by atoms with Crippen LogP contribution >= 0.6 is 15.9 Å². The lowest BCUT2D eigenvalue weighted by molar-refractivity contribution is 0.589.